The van der Waals surface area contributed by atoms with E-state index in [2.05, 4.69) is 21.9 Å². The van der Waals surface area contributed by atoms with Gasteiger partial charge in [-0.15, -0.1) is 0 Å². The Morgan fingerprint density at radius 3 is 2.10 bits per heavy atom. The lowest BCUT2D eigenvalue weighted by Crippen LogP contribution is -2.25. The van der Waals surface area contributed by atoms with Crippen LogP contribution in [0.4, 0.5) is 5.95 Å². The van der Waals surface area contributed by atoms with Gasteiger partial charge in [0.15, 0.2) is 11.2 Å². The Morgan fingerprint density at radius 1 is 0.905 bits per heavy atom. The van der Waals surface area contributed by atoms with E-state index in [1.165, 1.54) is 96.9 Å². The largest absolute Gasteiger partial charge is 0.479 e. The van der Waals surface area contributed by atoms with Gasteiger partial charge in [-0.1, -0.05) is 90.4 Å². The van der Waals surface area contributed by atoms with Crippen molar-refractivity contribution in [3.63, 3.8) is 0 Å². The van der Waals surface area contributed by atoms with E-state index in [0.717, 1.165) is 6.42 Å². The molecule has 0 spiro atoms. The Morgan fingerprint density at radius 2 is 1.50 bits per heavy atom. The number of rotatable bonds is 27. The van der Waals surface area contributed by atoms with Crippen molar-refractivity contribution in [2.45, 2.75) is 116 Å². The van der Waals surface area contributed by atoms with Gasteiger partial charge in [0.1, 0.15) is 6.35 Å². The summed E-state index contributed by atoms with van der Waals surface area (Å²) >= 11 is 0. The third kappa shape index (κ3) is 15.1. The van der Waals surface area contributed by atoms with Crippen LogP contribution in [-0.4, -0.2) is 75.5 Å². The number of hydrogen-bond donors (Lipinski definition) is 3. The molecule has 0 amide bonds. The molecule has 2 rings (SSSR count). The first-order valence-corrected chi connectivity index (χ1v) is 17.4. The lowest BCUT2D eigenvalue weighted by Gasteiger charge is -2.19. The molecule has 2 heterocycles. The number of fused-ring (bicyclic) bond motifs is 1. The number of hydrogen-bond acceptors (Lipinski definition) is 10. The fraction of sp³-hybridized carbons (Fsp3) is 0.828. The van der Waals surface area contributed by atoms with Crippen LogP contribution < -0.4 is 10.5 Å². The smallest absolute Gasteiger partial charge is 0.353 e. The molecule has 0 saturated heterocycles. The topological polar surface area (TPSA) is 164 Å². The van der Waals surface area contributed by atoms with Crippen molar-refractivity contribution in [1.29, 1.82) is 0 Å². The predicted octanol–water partition coefficient (Wildman–Crippen LogP) is 5.84. The minimum absolute atomic E-state index is 0.0133. The van der Waals surface area contributed by atoms with Crippen LogP contribution in [-0.2, 0) is 25.1 Å². The fourth-order valence-corrected chi connectivity index (χ4v) is 5.59. The number of aliphatic hydroxyl groups is 1. The van der Waals surface area contributed by atoms with Crippen molar-refractivity contribution < 1.29 is 33.3 Å². The predicted molar refractivity (Wildman–Crippen MR) is 165 cm³/mol. The number of unbranched alkanes of at least 4 members (excludes halogenated alkanes) is 13. The molecule has 0 aliphatic rings. The van der Waals surface area contributed by atoms with Crippen LogP contribution in [0.3, 0.4) is 0 Å². The first-order valence-electron chi connectivity index (χ1n) is 15.7. The molecule has 2 aromatic heterocycles. The summed E-state index contributed by atoms with van der Waals surface area (Å²) in [6.07, 6.45) is 19.2. The third-order valence-electron chi connectivity index (χ3n) is 7.09. The molecule has 13 heteroatoms. The van der Waals surface area contributed by atoms with Crippen molar-refractivity contribution in [3.8, 4) is 5.88 Å². The summed E-state index contributed by atoms with van der Waals surface area (Å²) in [4.78, 5) is 22.5. The zero-order chi connectivity index (χ0) is 30.5. The van der Waals surface area contributed by atoms with Crippen LogP contribution >= 0.6 is 7.60 Å². The summed E-state index contributed by atoms with van der Waals surface area (Å²) in [6.45, 7) is 3.26. The number of aliphatic hydroxyl groups excluding tert-OH is 1. The van der Waals surface area contributed by atoms with Gasteiger partial charge in [-0.3, -0.25) is 4.57 Å². The van der Waals surface area contributed by atoms with Gasteiger partial charge in [0.05, 0.1) is 39.3 Å². The highest BCUT2D eigenvalue weighted by Gasteiger charge is 2.23. The minimum Gasteiger partial charge on any atom is -0.479 e. The highest BCUT2D eigenvalue weighted by molar-refractivity contribution is 7.52. The number of aromatic nitrogens is 4. The van der Waals surface area contributed by atoms with E-state index >= 15 is 0 Å². The van der Waals surface area contributed by atoms with E-state index in [1.807, 2.05) is 0 Å². The Bertz CT molecular complexity index is 1030. The highest BCUT2D eigenvalue weighted by atomic mass is 31.2. The van der Waals surface area contributed by atoms with Crippen molar-refractivity contribution in [1.82, 2.24) is 19.5 Å². The van der Waals surface area contributed by atoms with Gasteiger partial charge in [0.2, 0.25) is 11.8 Å². The molecule has 2 atom stereocenters. The third-order valence-corrected chi connectivity index (χ3v) is 8.15. The van der Waals surface area contributed by atoms with Crippen LogP contribution in [0.5, 0.6) is 5.88 Å². The highest BCUT2D eigenvalue weighted by Crippen LogP contribution is 2.42. The lowest BCUT2D eigenvalue weighted by molar-refractivity contribution is 0.0176. The maximum Gasteiger partial charge on any atom is 0.353 e. The molecule has 0 saturated carbocycles. The first kappa shape index (κ1) is 36.4. The molecule has 0 aliphatic heterocycles. The van der Waals surface area contributed by atoms with Crippen molar-refractivity contribution in [2.75, 3.05) is 45.6 Å². The fourth-order valence-electron chi connectivity index (χ4n) is 4.70. The van der Waals surface area contributed by atoms with E-state index in [4.69, 9.17) is 24.5 Å². The second kappa shape index (κ2) is 21.8. The van der Waals surface area contributed by atoms with Crippen LogP contribution in [0.2, 0.25) is 0 Å². The summed E-state index contributed by atoms with van der Waals surface area (Å²) in [5.74, 6) is 0.244. The number of imidazole rings is 1. The molecular formula is C29H54N5O7P. The van der Waals surface area contributed by atoms with Gasteiger partial charge in [0, 0.05) is 13.2 Å². The average molecular weight is 616 g/mol. The zero-order valence-electron chi connectivity index (χ0n) is 25.8. The minimum atomic E-state index is -3.99. The van der Waals surface area contributed by atoms with Crippen molar-refractivity contribution in [3.05, 3.63) is 6.33 Å². The maximum atomic E-state index is 12.4. The van der Waals surface area contributed by atoms with Gasteiger partial charge in [-0.25, -0.2) is 4.98 Å². The average Bonchev–Trinajstić information content (AvgIpc) is 3.38. The molecule has 12 nitrogen and oxygen atoms in total. The summed E-state index contributed by atoms with van der Waals surface area (Å²) in [7, 11) is -2.54. The Hall–Kier alpha value is -1.82. The van der Waals surface area contributed by atoms with Crippen molar-refractivity contribution >= 4 is 24.7 Å². The SMILES string of the molecule is CCCCCCCCCCCCCCCCOCCCOP(=O)(O)CO[C@H](CO)Cn1cnc2c(OC)nc(N)nc21. The molecule has 0 bridgehead atoms. The normalized spacial score (nSPS) is 13.9. The number of nitrogen functional groups attached to an aromatic ring is 1. The summed E-state index contributed by atoms with van der Waals surface area (Å²) in [5.41, 5.74) is 6.54. The van der Waals surface area contributed by atoms with Gasteiger partial charge >= 0.3 is 7.60 Å². The zero-order valence-corrected chi connectivity index (χ0v) is 26.6. The molecule has 42 heavy (non-hydrogen) atoms. The number of nitrogens with zero attached hydrogens (tertiary/aromatic N) is 4. The first-order chi connectivity index (χ1) is 20.4. The molecule has 0 aliphatic carbocycles. The summed E-state index contributed by atoms with van der Waals surface area (Å²) < 4.78 is 35.4. The molecule has 1 unspecified atom stereocenters. The lowest BCUT2D eigenvalue weighted by atomic mass is 10.0. The van der Waals surface area contributed by atoms with E-state index in [-0.39, 0.29) is 31.6 Å². The van der Waals surface area contributed by atoms with E-state index < -0.39 is 20.0 Å². The summed E-state index contributed by atoms with van der Waals surface area (Å²) in [6, 6.07) is 0. The Balaban J connectivity index is 1.47. The Kier molecular flexibility index (Phi) is 18.9. The second-order valence-electron chi connectivity index (χ2n) is 10.8. The Labute approximate surface area is 251 Å². The molecule has 0 aromatic carbocycles. The van der Waals surface area contributed by atoms with Crippen LogP contribution in [0.25, 0.3) is 11.2 Å². The second-order valence-corrected chi connectivity index (χ2v) is 12.6. The standard InChI is InChI=1S/C29H54N5O7P/c1-3-4-5-6-7-8-9-10-11-12-13-14-15-16-18-39-19-17-20-41-42(36,37)24-40-25(22-35)21-34-23-31-26-27(34)32-29(30)33-28(26)38-2/h23,25,35H,3-22,24H2,1-2H3,(H,36,37)(H2,30,32,33)/t25-/m0/s1. The van der Waals surface area contributed by atoms with Crippen molar-refractivity contribution in [2.24, 2.45) is 0 Å². The van der Waals surface area contributed by atoms with Crippen LogP contribution in [0.1, 0.15) is 103 Å². The monoisotopic (exact) mass is 615 g/mol. The molecule has 0 fully saturated rings. The molecular weight excluding hydrogens is 561 g/mol. The quantitative estimate of drug-likeness (QED) is 0.0816. The molecule has 4 N–H and O–H groups in total. The van der Waals surface area contributed by atoms with Gasteiger partial charge < -0.3 is 39.0 Å². The van der Waals surface area contributed by atoms with Crippen LogP contribution in [0, 0.1) is 0 Å². The maximum absolute atomic E-state index is 12.4. The van der Waals surface area contributed by atoms with E-state index in [1.54, 1.807) is 4.57 Å². The van der Waals surface area contributed by atoms with Gasteiger partial charge in [0.25, 0.3) is 0 Å². The van der Waals surface area contributed by atoms with E-state index in [9.17, 15) is 14.6 Å². The summed E-state index contributed by atoms with van der Waals surface area (Å²) in [5, 5.41) is 9.72. The van der Waals surface area contributed by atoms with E-state index in [0.29, 0.717) is 30.8 Å². The van der Waals surface area contributed by atoms with Gasteiger partial charge in [-0.2, -0.15) is 9.97 Å². The number of methoxy groups -OCH3 is 1. The number of nitrogens with two attached hydrogens (primary N) is 1. The molecule has 0 radical (unpaired) electrons. The van der Waals surface area contributed by atoms with Gasteiger partial charge in [-0.05, 0) is 12.8 Å². The number of anilines is 1. The number of ether oxygens (including phenoxy) is 3. The molecule has 242 valence electrons. The van der Waals surface area contributed by atoms with Crippen LogP contribution in [0.15, 0.2) is 6.33 Å². The molecule has 2 aromatic rings.